The Balaban J connectivity index is 0.000000148. The van der Waals surface area contributed by atoms with Crippen LogP contribution in [0.15, 0.2) is 90.0 Å². The Morgan fingerprint density at radius 1 is 0.703 bits per heavy atom. The van der Waals surface area contributed by atoms with Gasteiger partial charge in [-0.15, -0.1) is 11.8 Å². The predicted octanol–water partition coefficient (Wildman–Crippen LogP) is 11.3. The summed E-state index contributed by atoms with van der Waals surface area (Å²) in [6.07, 6.45) is 19.3. The second-order valence-electron chi connectivity index (χ2n) is 21.6. The SMILES string of the molecule is CC[C@H]1CN(Cc2ccc(SC)cc2)C[C@H]1CN1CCCCCC1.CC[C@H]1CN(c2nc3ccccc3s2)C[C@H]1CN1CCCCCC1.Cc1cccc(NC(=O)Nc2ccnn2C2CCN(C(=O)CN)CC2)c1. The van der Waals surface area contributed by atoms with E-state index in [4.69, 9.17) is 10.7 Å². The Morgan fingerprint density at radius 3 is 1.95 bits per heavy atom. The monoisotopic (exact) mass is 1050 g/mol. The van der Waals surface area contributed by atoms with Gasteiger partial charge >= 0.3 is 6.03 Å². The number of carbonyl (C=O) groups excluding carboxylic acids is 2. The Bertz CT molecular complexity index is 2420. The molecule has 0 unspecified atom stereocenters. The number of para-hydroxylation sites is 1. The average Bonchev–Trinajstić information content (AvgIpc) is 4.16. The first kappa shape index (κ1) is 55.7. The first-order valence-electron chi connectivity index (χ1n) is 28.2. The molecule has 7 heterocycles. The van der Waals surface area contributed by atoms with E-state index in [0.29, 0.717) is 18.9 Å². The van der Waals surface area contributed by atoms with Crippen molar-refractivity contribution in [3.8, 4) is 0 Å². The minimum Gasteiger partial charge on any atom is -0.347 e. The molecule has 2 aromatic heterocycles. The standard InChI is InChI=1S/C21H34N2S.C20H29N3S.C18H24N6O2/c1-3-19-15-23(14-18-8-10-21(24-2)11-9-18)17-20(19)16-22-12-6-4-5-7-13-22;1-2-16-14-23(20-21-18-9-5-6-10-19(18)24-20)15-17(16)13-22-11-7-3-4-8-12-22;1-13-3-2-4-14(11-13)21-18(26)22-16-5-8-20-24(16)15-6-9-23(10-7-15)17(25)12-19/h8-11,19-20H,3-7,12-17H2,1-2H3;5-6,9-10,16-17H,2-4,7-8,11-15H2,1H3;2-5,8,11,15H,6-7,9-10,12,19H2,1H3,(H2,21,22,26)/t19-,20+;16-,17+;/m00./s1. The van der Waals surface area contributed by atoms with Gasteiger partial charge in [-0.05, 0) is 149 Å². The summed E-state index contributed by atoms with van der Waals surface area (Å²) in [5, 5.41) is 11.3. The van der Waals surface area contributed by atoms with E-state index in [9.17, 15) is 9.59 Å². The molecule has 5 aliphatic rings. The second kappa shape index (κ2) is 28.6. The number of thiazole rings is 1. The summed E-state index contributed by atoms with van der Waals surface area (Å²) >= 11 is 3.69. The van der Waals surface area contributed by atoms with Gasteiger partial charge in [0.15, 0.2) is 5.13 Å². The predicted molar refractivity (Wildman–Crippen MR) is 310 cm³/mol. The zero-order chi connectivity index (χ0) is 51.7. The number of benzene rings is 3. The fourth-order valence-electron chi connectivity index (χ4n) is 12.1. The van der Waals surface area contributed by atoms with E-state index in [2.05, 4.69) is 104 Å². The molecular weight excluding hydrogens is 959 g/mol. The number of nitrogens with one attached hydrogen (secondary N) is 2. The summed E-state index contributed by atoms with van der Waals surface area (Å²) in [4.78, 5) is 42.7. The fourth-order valence-corrected chi connectivity index (χ4v) is 13.5. The van der Waals surface area contributed by atoms with Crippen LogP contribution in [0, 0.1) is 30.6 Å². The third-order valence-electron chi connectivity index (χ3n) is 16.3. The third kappa shape index (κ3) is 16.0. The van der Waals surface area contributed by atoms with Crippen molar-refractivity contribution in [1.82, 2.24) is 34.4 Å². The number of urea groups is 1. The van der Waals surface area contributed by atoms with E-state index in [1.807, 2.05) is 59.0 Å². The smallest absolute Gasteiger partial charge is 0.324 e. The summed E-state index contributed by atoms with van der Waals surface area (Å²) in [6.45, 7) is 22.1. The maximum atomic E-state index is 12.3. The Morgan fingerprint density at radius 2 is 1.32 bits per heavy atom. The fraction of sp³-hybridized carbons (Fsp3) is 0.593. The van der Waals surface area contributed by atoms with Crippen molar-refractivity contribution in [2.75, 3.05) is 107 Å². The van der Waals surface area contributed by atoms with Gasteiger partial charge in [0.2, 0.25) is 5.91 Å². The van der Waals surface area contributed by atoms with Gasteiger partial charge in [-0.25, -0.2) is 14.5 Å². The van der Waals surface area contributed by atoms with Crippen molar-refractivity contribution in [3.63, 3.8) is 0 Å². The molecule has 5 saturated heterocycles. The number of nitrogens with two attached hydrogens (primary N) is 1. The molecule has 10 rings (SSSR count). The third-order valence-corrected chi connectivity index (χ3v) is 18.1. The number of aryl methyl sites for hydroxylation is 1. The number of hydrogen-bond acceptors (Lipinski definition) is 11. The van der Waals surface area contributed by atoms with Crippen LogP contribution in [0.5, 0.6) is 0 Å². The molecular formula is C59H87N11O2S2. The summed E-state index contributed by atoms with van der Waals surface area (Å²) in [5.74, 6) is 4.00. The average molecular weight is 1050 g/mol. The van der Waals surface area contributed by atoms with Crippen LogP contribution in [0.25, 0.3) is 10.2 Å². The van der Waals surface area contributed by atoms with Crippen LogP contribution in [-0.2, 0) is 11.3 Å². The van der Waals surface area contributed by atoms with Gasteiger partial charge < -0.3 is 30.7 Å². The van der Waals surface area contributed by atoms with Gasteiger partial charge in [-0.2, -0.15) is 5.10 Å². The van der Waals surface area contributed by atoms with E-state index < -0.39 is 0 Å². The normalized spacial score (nSPS) is 22.3. The van der Waals surface area contributed by atoms with Crippen LogP contribution < -0.4 is 21.3 Å². The Labute approximate surface area is 451 Å². The van der Waals surface area contributed by atoms with Crippen LogP contribution in [0.3, 0.4) is 0 Å². The van der Waals surface area contributed by atoms with E-state index in [0.717, 1.165) is 59.8 Å². The molecule has 4 N–H and O–H groups in total. The van der Waals surface area contributed by atoms with Gasteiger partial charge in [0.25, 0.3) is 0 Å². The molecule has 3 amide bonds. The molecule has 5 aromatic rings. The van der Waals surface area contributed by atoms with Crippen molar-refractivity contribution in [1.29, 1.82) is 0 Å². The first-order valence-corrected chi connectivity index (χ1v) is 30.3. The highest BCUT2D eigenvalue weighted by Gasteiger charge is 2.35. The van der Waals surface area contributed by atoms with Crippen LogP contribution in [0.4, 0.5) is 21.4 Å². The number of amides is 3. The summed E-state index contributed by atoms with van der Waals surface area (Å²) in [7, 11) is 0. The molecule has 4 atom stereocenters. The Hall–Kier alpha value is -4.51. The molecule has 74 heavy (non-hydrogen) atoms. The van der Waals surface area contributed by atoms with Crippen LogP contribution in [0.2, 0.25) is 0 Å². The van der Waals surface area contributed by atoms with E-state index in [-0.39, 0.29) is 24.5 Å². The van der Waals surface area contributed by atoms with Gasteiger partial charge in [-0.1, -0.05) is 100 Å². The minimum atomic E-state index is -0.312. The zero-order valence-electron chi connectivity index (χ0n) is 45.1. The van der Waals surface area contributed by atoms with E-state index in [1.165, 1.54) is 150 Å². The van der Waals surface area contributed by atoms with Gasteiger partial charge in [0.1, 0.15) is 5.82 Å². The van der Waals surface area contributed by atoms with Crippen LogP contribution >= 0.6 is 23.1 Å². The molecule has 5 fully saturated rings. The number of rotatable bonds is 14. The summed E-state index contributed by atoms with van der Waals surface area (Å²) < 4.78 is 3.14. The number of anilines is 3. The van der Waals surface area contributed by atoms with Gasteiger partial charge in [0, 0.05) is 75.6 Å². The van der Waals surface area contributed by atoms with Gasteiger partial charge in [0.05, 0.1) is 29.0 Å². The molecule has 402 valence electrons. The van der Waals surface area contributed by atoms with Crippen molar-refractivity contribution in [2.45, 2.75) is 115 Å². The molecule has 0 radical (unpaired) electrons. The minimum absolute atomic E-state index is 0.0280. The molecule has 0 saturated carbocycles. The lowest BCUT2D eigenvalue weighted by molar-refractivity contribution is -0.130. The summed E-state index contributed by atoms with van der Waals surface area (Å²) in [5.41, 5.74) is 9.86. The van der Waals surface area contributed by atoms with Crippen molar-refractivity contribution >= 4 is 61.9 Å². The molecule has 15 heteroatoms. The quantitative estimate of drug-likeness (QED) is 0.0924. The highest BCUT2D eigenvalue weighted by molar-refractivity contribution is 7.98. The van der Waals surface area contributed by atoms with E-state index in [1.54, 1.807) is 17.2 Å². The highest BCUT2D eigenvalue weighted by atomic mass is 32.2. The maximum absolute atomic E-state index is 12.3. The number of hydrogen-bond donors (Lipinski definition) is 3. The molecule has 5 aliphatic heterocycles. The maximum Gasteiger partial charge on any atom is 0.324 e. The number of fused-ring (bicyclic) bond motifs is 1. The lowest BCUT2D eigenvalue weighted by Crippen LogP contribution is -2.42. The van der Waals surface area contributed by atoms with Crippen molar-refractivity contribution in [2.24, 2.45) is 29.4 Å². The number of piperidine rings is 1. The number of thioether (sulfide) groups is 1. The molecule has 0 aliphatic carbocycles. The zero-order valence-corrected chi connectivity index (χ0v) is 46.8. The second-order valence-corrected chi connectivity index (χ2v) is 23.5. The Kier molecular flexibility index (Phi) is 21.5. The first-order chi connectivity index (χ1) is 36.2. The molecule has 0 spiro atoms. The van der Waals surface area contributed by atoms with E-state index >= 15 is 0 Å². The van der Waals surface area contributed by atoms with Crippen molar-refractivity contribution in [3.05, 3.63) is 96.2 Å². The topological polar surface area (TPSA) is 131 Å². The molecule has 0 bridgehead atoms. The number of nitrogens with zero attached hydrogens (tertiary/aromatic N) is 8. The van der Waals surface area contributed by atoms with Gasteiger partial charge in [-0.3, -0.25) is 15.0 Å². The molecule has 13 nitrogen and oxygen atoms in total. The summed E-state index contributed by atoms with van der Waals surface area (Å²) in [6, 6.07) is 26.9. The molecule has 3 aromatic carbocycles. The van der Waals surface area contributed by atoms with Crippen LogP contribution in [0.1, 0.15) is 108 Å². The van der Waals surface area contributed by atoms with Crippen molar-refractivity contribution < 1.29 is 9.59 Å². The highest BCUT2D eigenvalue weighted by Crippen LogP contribution is 2.36. The lowest BCUT2D eigenvalue weighted by atomic mass is 9.93. The number of aromatic nitrogens is 3. The van der Waals surface area contributed by atoms with Crippen LogP contribution in [-0.4, -0.2) is 138 Å². The largest absolute Gasteiger partial charge is 0.347 e. The number of likely N-dealkylation sites (tertiary alicyclic amines) is 4. The number of carbonyl (C=O) groups is 2. The lowest BCUT2D eigenvalue weighted by Gasteiger charge is -2.32.